The van der Waals surface area contributed by atoms with E-state index in [4.69, 9.17) is 4.74 Å². The van der Waals surface area contributed by atoms with Crippen LogP contribution in [0.5, 0.6) is 5.75 Å². The molecule has 0 saturated carbocycles. The second-order valence-electron chi connectivity index (χ2n) is 6.87. The van der Waals surface area contributed by atoms with Crippen molar-refractivity contribution in [1.29, 1.82) is 0 Å². The van der Waals surface area contributed by atoms with Crippen molar-refractivity contribution in [2.45, 2.75) is 33.4 Å². The second-order valence-corrected chi connectivity index (χ2v) is 10.7. The van der Waals surface area contributed by atoms with Crippen LogP contribution in [0.4, 0.5) is 0 Å². The lowest BCUT2D eigenvalue weighted by atomic mass is 10.2. The van der Waals surface area contributed by atoms with Crippen LogP contribution < -0.4 is 4.74 Å². The first-order chi connectivity index (χ1) is 14.6. The van der Waals surface area contributed by atoms with E-state index in [9.17, 15) is 21.6 Å². The Hall–Kier alpha value is -3.23. The average molecular weight is 457 g/mol. The van der Waals surface area contributed by atoms with E-state index in [0.717, 1.165) is 29.3 Å². The van der Waals surface area contributed by atoms with E-state index in [1.165, 1.54) is 30.3 Å². The zero-order chi connectivity index (χ0) is 22.8. The fourth-order valence-electron chi connectivity index (χ4n) is 2.80. The van der Waals surface area contributed by atoms with Crippen molar-refractivity contribution in [3.63, 3.8) is 0 Å². The zero-order valence-electron chi connectivity index (χ0n) is 16.9. The Balaban J connectivity index is 2.22. The predicted octanol–water partition coefficient (Wildman–Crippen LogP) is 4.06. The van der Waals surface area contributed by atoms with Gasteiger partial charge in [0.25, 0.3) is 0 Å². The van der Waals surface area contributed by atoms with Crippen LogP contribution in [0, 0.1) is 13.8 Å². The van der Waals surface area contributed by atoms with Crippen LogP contribution in [0.15, 0.2) is 99.0 Å². The van der Waals surface area contributed by atoms with Gasteiger partial charge in [0.15, 0.2) is 0 Å². The number of carbonyl (C=O) groups is 1. The topological polar surface area (TPSA) is 94.6 Å². The Morgan fingerprint density at radius 2 is 1.19 bits per heavy atom. The number of rotatable bonds is 6. The third-order valence-electron chi connectivity index (χ3n) is 4.55. The van der Waals surface area contributed by atoms with E-state index in [-0.39, 0.29) is 20.4 Å². The summed E-state index contributed by atoms with van der Waals surface area (Å²) in [4.78, 5) is 11.0. The highest BCUT2D eigenvalue weighted by atomic mass is 32.2. The van der Waals surface area contributed by atoms with Crippen molar-refractivity contribution in [2.75, 3.05) is 0 Å². The quantitative estimate of drug-likeness (QED) is 0.315. The van der Waals surface area contributed by atoms with E-state index in [1.54, 1.807) is 24.3 Å². The molecule has 0 atom stereocenters. The highest BCUT2D eigenvalue weighted by Crippen LogP contribution is 2.34. The fraction of sp³-hybridized carbons (Fsp3) is 0.0870. The van der Waals surface area contributed by atoms with Gasteiger partial charge in [-0.3, -0.25) is 0 Å². The summed E-state index contributed by atoms with van der Waals surface area (Å²) in [6, 6.07) is 15.6. The van der Waals surface area contributed by atoms with Gasteiger partial charge in [-0.25, -0.2) is 21.6 Å². The van der Waals surface area contributed by atoms with Crippen molar-refractivity contribution in [3.05, 3.63) is 90.5 Å². The summed E-state index contributed by atoms with van der Waals surface area (Å²) in [5.41, 5.74) is 1.74. The zero-order valence-corrected chi connectivity index (χ0v) is 18.5. The molecule has 0 aromatic heterocycles. The van der Waals surface area contributed by atoms with Crippen LogP contribution in [0.3, 0.4) is 0 Å². The molecular formula is C23H20O6S2. The van der Waals surface area contributed by atoms with Gasteiger partial charge < -0.3 is 4.74 Å². The fourth-order valence-corrected chi connectivity index (χ4v) is 5.56. The first-order valence-corrected chi connectivity index (χ1v) is 12.1. The Kier molecular flexibility index (Phi) is 6.15. The number of hydrogen-bond acceptors (Lipinski definition) is 6. The molecule has 0 radical (unpaired) electrons. The van der Waals surface area contributed by atoms with Gasteiger partial charge in [-0.2, -0.15) is 0 Å². The third kappa shape index (κ3) is 4.60. The molecular weight excluding hydrogens is 436 g/mol. The van der Waals surface area contributed by atoms with Crippen LogP contribution in [-0.4, -0.2) is 22.8 Å². The lowest BCUT2D eigenvalue weighted by Gasteiger charge is -2.13. The van der Waals surface area contributed by atoms with Crippen LogP contribution in [0.25, 0.3) is 0 Å². The van der Waals surface area contributed by atoms with Gasteiger partial charge in [0.2, 0.25) is 19.7 Å². The molecule has 0 saturated heterocycles. The first kappa shape index (κ1) is 22.5. The molecule has 0 bridgehead atoms. The molecule has 31 heavy (non-hydrogen) atoms. The molecule has 0 unspecified atom stereocenters. The minimum Gasteiger partial charge on any atom is -0.422 e. The first-order valence-electron chi connectivity index (χ1n) is 9.17. The molecule has 0 spiro atoms. The normalized spacial score (nSPS) is 11.7. The van der Waals surface area contributed by atoms with Crippen LogP contribution in [0.1, 0.15) is 11.1 Å². The maximum absolute atomic E-state index is 13.3. The lowest BCUT2D eigenvalue weighted by Crippen LogP contribution is -2.11. The number of aryl methyl sites for hydroxylation is 2. The van der Waals surface area contributed by atoms with Gasteiger partial charge >= 0.3 is 5.97 Å². The molecule has 3 rings (SSSR count). The predicted molar refractivity (Wildman–Crippen MR) is 116 cm³/mol. The van der Waals surface area contributed by atoms with E-state index >= 15 is 0 Å². The Morgan fingerprint density at radius 3 is 1.68 bits per heavy atom. The minimum atomic E-state index is -4.19. The van der Waals surface area contributed by atoms with Crippen molar-refractivity contribution < 1.29 is 26.4 Å². The monoisotopic (exact) mass is 456 g/mol. The van der Waals surface area contributed by atoms with E-state index in [0.29, 0.717) is 0 Å². The standard InChI is InChI=1S/C23H20O6S2/c1-4-23(24)29-21-14-13-20(30(25,26)18-9-5-16(2)6-10-18)15-22(21)31(27,28)19-11-7-17(3)8-12-19/h4-15H,1H2,2-3H3. The molecule has 3 aromatic carbocycles. The van der Waals surface area contributed by atoms with E-state index < -0.39 is 30.5 Å². The molecule has 8 heteroatoms. The number of hydrogen-bond donors (Lipinski definition) is 0. The average Bonchev–Trinajstić information content (AvgIpc) is 2.74. The Bertz CT molecular complexity index is 1350. The van der Waals surface area contributed by atoms with Crippen molar-refractivity contribution >= 4 is 25.6 Å². The van der Waals surface area contributed by atoms with Crippen LogP contribution >= 0.6 is 0 Å². The van der Waals surface area contributed by atoms with Gasteiger partial charge in [-0.1, -0.05) is 42.0 Å². The SMILES string of the molecule is C=CC(=O)Oc1ccc(S(=O)(=O)c2ccc(C)cc2)cc1S(=O)(=O)c1ccc(C)cc1. The highest BCUT2D eigenvalue weighted by Gasteiger charge is 2.27. The molecule has 0 heterocycles. The van der Waals surface area contributed by atoms with E-state index in [2.05, 4.69) is 6.58 Å². The van der Waals surface area contributed by atoms with Crippen LogP contribution in [0.2, 0.25) is 0 Å². The number of sulfone groups is 2. The molecule has 6 nitrogen and oxygen atoms in total. The summed E-state index contributed by atoms with van der Waals surface area (Å²) in [5.74, 6) is -1.15. The maximum atomic E-state index is 13.3. The van der Waals surface area contributed by atoms with Crippen molar-refractivity contribution in [2.24, 2.45) is 0 Å². The minimum absolute atomic E-state index is 0.0209. The summed E-state index contributed by atoms with van der Waals surface area (Å²) in [6.45, 7) is 6.93. The van der Waals surface area contributed by atoms with Gasteiger partial charge in [0.05, 0.1) is 14.7 Å². The summed E-state index contributed by atoms with van der Waals surface area (Å²) >= 11 is 0. The molecule has 0 aliphatic heterocycles. The third-order valence-corrected chi connectivity index (χ3v) is 8.11. The number of benzene rings is 3. The molecule has 0 aliphatic rings. The van der Waals surface area contributed by atoms with Gasteiger partial charge in [-0.05, 0) is 56.3 Å². The van der Waals surface area contributed by atoms with Gasteiger partial charge in [0.1, 0.15) is 10.6 Å². The smallest absolute Gasteiger partial charge is 0.335 e. The largest absolute Gasteiger partial charge is 0.422 e. The molecule has 160 valence electrons. The Labute approximate surface area is 181 Å². The summed E-state index contributed by atoms with van der Waals surface area (Å²) in [5, 5.41) is 0. The highest BCUT2D eigenvalue weighted by molar-refractivity contribution is 7.92. The molecule has 0 fully saturated rings. The Morgan fingerprint density at radius 1 is 0.742 bits per heavy atom. The maximum Gasteiger partial charge on any atom is 0.335 e. The van der Waals surface area contributed by atoms with Gasteiger partial charge in [-0.15, -0.1) is 0 Å². The molecule has 0 N–H and O–H groups in total. The van der Waals surface area contributed by atoms with Gasteiger partial charge in [0, 0.05) is 6.08 Å². The number of esters is 1. The summed E-state index contributed by atoms with van der Waals surface area (Å²) < 4.78 is 57.8. The summed E-state index contributed by atoms with van der Waals surface area (Å²) in [6.07, 6.45) is 0.888. The summed E-state index contributed by atoms with van der Waals surface area (Å²) in [7, 11) is -8.19. The van der Waals surface area contributed by atoms with Crippen molar-refractivity contribution in [1.82, 2.24) is 0 Å². The molecule has 0 aliphatic carbocycles. The molecule has 3 aromatic rings. The number of ether oxygens (including phenoxy) is 1. The second kappa shape index (κ2) is 8.49. The van der Waals surface area contributed by atoms with Crippen LogP contribution in [-0.2, 0) is 24.5 Å². The molecule has 0 amide bonds. The lowest BCUT2D eigenvalue weighted by molar-refractivity contribution is -0.129. The number of carbonyl (C=O) groups excluding carboxylic acids is 1. The van der Waals surface area contributed by atoms with E-state index in [1.807, 2.05) is 13.8 Å². The van der Waals surface area contributed by atoms with Crippen molar-refractivity contribution in [3.8, 4) is 5.75 Å².